The van der Waals surface area contributed by atoms with Crippen LogP contribution < -0.4 is 4.72 Å². The summed E-state index contributed by atoms with van der Waals surface area (Å²) in [6, 6.07) is 0. The quantitative estimate of drug-likeness (QED) is 0.329. The zero-order chi connectivity index (χ0) is 9.83. The van der Waals surface area contributed by atoms with Crippen molar-refractivity contribution in [3.8, 4) is 0 Å². The van der Waals surface area contributed by atoms with E-state index in [1.807, 2.05) is 0 Å². The summed E-state index contributed by atoms with van der Waals surface area (Å²) in [5.41, 5.74) is 0. The van der Waals surface area contributed by atoms with Crippen LogP contribution in [0, 0.1) is 0 Å². The van der Waals surface area contributed by atoms with Gasteiger partial charge >= 0.3 is 67.5 Å². The maximum atomic E-state index is 10.7. The molecule has 0 unspecified atom stereocenters. The number of rotatable bonds is 5. The van der Waals surface area contributed by atoms with Gasteiger partial charge in [0.2, 0.25) is 0 Å². The Labute approximate surface area is 68.3 Å². The average Bonchev–Trinajstić information content (AvgIpc) is 1.76. The molecule has 0 fully saturated rings. The molecular weight excluding hydrogens is 435 g/mol. The van der Waals surface area contributed by atoms with Crippen LogP contribution in [0.15, 0.2) is 0 Å². The van der Waals surface area contributed by atoms with E-state index in [1.54, 1.807) is 14.1 Å². The third-order valence-electron chi connectivity index (χ3n) is 1.20. The van der Waals surface area contributed by atoms with Crippen LogP contribution in [0.25, 0.3) is 0 Å². The van der Waals surface area contributed by atoms with E-state index in [9.17, 15) is 13.6 Å². The molecule has 0 spiro atoms. The maximum absolute atomic E-state index is 10.7. The molecule has 0 saturated carbocycles. The second-order valence-corrected chi connectivity index (χ2v) is 15.0. The second kappa shape index (κ2) is 3.48. The standard InChI is InChI=1S/C5H14N2O3S.Rf/c1-7(2,8)5-3-4-6-11(9)10;/h8H,3-5H2,1-2H3,(H,6,9,10);/q+1;. The molecule has 0 saturated heterocycles. The first-order valence-electron chi connectivity index (χ1n) is 3.59. The van der Waals surface area contributed by atoms with Gasteiger partial charge in [-0.05, 0) is 0 Å². The van der Waals surface area contributed by atoms with Gasteiger partial charge in [-0.15, -0.1) is 0 Å². The Kier molecular flexibility index (Phi) is 3.15. The van der Waals surface area contributed by atoms with E-state index < -0.39 is 10.9 Å². The molecule has 12 heavy (non-hydrogen) atoms. The number of nitrogens with zero attached hydrogens (tertiary/aromatic N) is 1. The SMILES string of the molecule is C[N+](C)(O)CCCN[S](=O)(=O)[Rf]. The van der Waals surface area contributed by atoms with Crippen molar-refractivity contribution in [2.45, 2.75) is 6.42 Å². The third-order valence-corrected chi connectivity index (χ3v) is 4.62. The summed E-state index contributed by atoms with van der Waals surface area (Å²) in [7, 11) is 0.434. The van der Waals surface area contributed by atoms with Gasteiger partial charge in [-0.1, -0.05) is 0 Å². The molecule has 0 aromatic heterocycles. The van der Waals surface area contributed by atoms with Gasteiger partial charge in [0, 0.05) is 0 Å². The molecule has 0 aliphatic heterocycles. The molecular formula is C5H14N2O3RfS+. The summed E-state index contributed by atoms with van der Waals surface area (Å²) < 4.78 is 23.3. The average molecular weight is 449 g/mol. The Morgan fingerprint density at radius 2 is 2.00 bits per heavy atom. The number of hydroxylamine groups is 3. The summed E-state index contributed by atoms with van der Waals surface area (Å²) in [6.45, 7) is 0.982. The normalized spacial score (nSPS) is 13.4. The van der Waals surface area contributed by atoms with Gasteiger partial charge in [-0.2, -0.15) is 0 Å². The molecule has 0 rings (SSSR count). The van der Waals surface area contributed by atoms with Gasteiger partial charge in [0.15, 0.2) is 0 Å². The Balaban J connectivity index is 3.48. The minimum absolute atomic E-state index is 0.116. The third kappa shape index (κ3) is 8.83. The van der Waals surface area contributed by atoms with Crippen LogP contribution in [-0.4, -0.2) is 45.5 Å². The molecule has 0 heterocycles. The van der Waals surface area contributed by atoms with Crippen molar-refractivity contribution in [1.82, 2.24) is 4.72 Å². The molecule has 0 atom stereocenters. The Morgan fingerprint density at radius 3 is 2.33 bits per heavy atom. The summed E-state index contributed by atoms with van der Waals surface area (Å²) >= 11 is 0. The van der Waals surface area contributed by atoms with E-state index in [-0.39, 0.29) is 4.65 Å². The van der Waals surface area contributed by atoms with Crippen molar-refractivity contribution in [3.63, 3.8) is 0 Å². The predicted octanol–water partition coefficient (Wildman–Crippen LogP) is -0.774. The van der Waals surface area contributed by atoms with Crippen LogP contribution in [-0.2, 0) is 10.9 Å². The Morgan fingerprint density at radius 1 is 1.50 bits per heavy atom. The number of hydrogen-bond donors (Lipinski definition) is 2. The van der Waals surface area contributed by atoms with E-state index in [2.05, 4.69) is 4.72 Å². The van der Waals surface area contributed by atoms with Gasteiger partial charge in [0.05, 0.1) is 0 Å². The fraction of sp³-hybridized carbons (Fsp3) is 1.00. The molecule has 0 bridgehead atoms. The van der Waals surface area contributed by atoms with E-state index >= 15 is 0 Å². The summed E-state index contributed by atoms with van der Waals surface area (Å²) in [6.07, 6.45) is 0.655. The Bertz CT molecular complexity index is 221. The minimum atomic E-state index is -2.87. The van der Waals surface area contributed by atoms with E-state index in [0.717, 1.165) is 0 Å². The number of quaternary nitrogens is 1. The monoisotopic (exact) mass is 449 g/mol. The van der Waals surface area contributed by atoms with Crippen LogP contribution in [0.2, 0.25) is 0 Å². The van der Waals surface area contributed by atoms with Gasteiger partial charge in [0.25, 0.3) is 0 Å². The predicted molar refractivity (Wildman–Crippen MR) is 40.3 cm³/mol. The first kappa shape index (κ1) is 10.8. The van der Waals surface area contributed by atoms with E-state index in [4.69, 9.17) is 0 Å². The molecule has 0 aliphatic rings. The molecule has 0 radical (unpaired) electrons. The molecule has 5 nitrogen and oxygen atoms in total. The molecule has 0 aliphatic carbocycles. The van der Waals surface area contributed by atoms with Gasteiger partial charge in [-0.25, -0.2) is 0 Å². The van der Waals surface area contributed by atoms with Crippen molar-refractivity contribution < 1.29 is 18.3 Å². The van der Waals surface area contributed by atoms with Crippen LogP contribution in [0.3, 0.4) is 0 Å². The Hall–Kier alpha value is -1.17. The van der Waals surface area contributed by atoms with Crippen molar-refractivity contribution in [1.29, 1.82) is 0 Å². The first-order valence-corrected chi connectivity index (χ1v) is 13.1. The number of nitrogens with one attached hydrogen (secondary N) is 1. The first-order chi connectivity index (χ1) is 5.21. The zero-order valence-corrected chi connectivity index (χ0v) is 14.7. The fourth-order valence-corrected chi connectivity index (χ4v) is 3.11. The van der Waals surface area contributed by atoms with Crippen LogP contribution in [0.5, 0.6) is 0 Å². The fourth-order valence-electron chi connectivity index (χ4n) is 0.694. The van der Waals surface area contributed by atoms with Crippen molar-refractivity contribution >= 4 is 10.9 Å². The molecule has 7 heteroatoms. The number of hydrogen-bond acceptors (Lipinski definition) is 3. The topological polar surface area (TPSA) is 66.4 Å². The molecule has 0 amide bonds. The molecule has 2 N–H and O–H groups in total. The molecule has 0 aromatic rings. The summed E-state index contributed by atoms with van der Waals surface area (Å²) in [5.74, 6) is 0. The molecule has 69 valence electrons. The summed E-state index contributed by atoms with van der Waals surface area (Å²) in [4.78, 5) is 0. The van der Waals surface area contributed by atoms with Gasteiger partial charge in [0.1, 0.15) is 0 Å². The van der Waals surface area contributed by atoms with Crippen molar-refractivity contribution in [2.75, 3.05) is 27.2 Å². The molecule has 0 aromatic carbocycles. The van der Waals surface area contributed by atoms with E-state index in [1.165, 1.54) is 0 Å². The summed E-state index contributed by atoms with van der Waals surface area (Å²) in [5, 5.41) is 9.22. The van der Waals surface area contributed by atoms with E-state index in [0.29, 0.717) is 19.5 Å². The van der Waals surface area contributed by atoms with Crippen molar-refractivity contribution in [2.24, 2.45) is 0 Å². The van der Waals surface area contributed by atoms with Crippen LogP contribution in [0.1, 0.15) is 6.42 Å². The van der Waals surface area contributed by atoms with Crippen molar-refractivity contribution in [3.05, 3.63) is 0 Å². The zero-order valence-electron chi connectivity index (χ0n) is 7.45. The van der Waals surface area contributed by atoms with Crippen LogP contribution >= 0.6 is 0 Å². The second-order valence-electron chi connectivity index (χ2n) is 3.21. The van der Waals surface area contributed by atoms with Crippen LogP contribution in [0.4, 0.5) is 0 Å². The van der Waals surface area contributed by atoms with Gasteiger partial charge in [-0.3, -0.25) is 0 Å². The van der Waals surface area contributed by atoms with Gasteiger partial charge < -0.3 is 0 Å².